The van der Waals surface area contributed by atoms with E-state index in [-0.39, 0.29) is 69.2 Å². The summed E-state index contributed by atoms with van der Waals surface area (Å²) in [7, 11) is 0. The van der Waals surface area contributed by atoms with E-state index >= 15 is 0 Å². The average molecular weight is 362 g/mol. The number of likely N-dealkylation sites (tertiary alicyclic amines) is 1. The third-order valence-corrected chi connectivity index (χ3v) is 4.79. The molecule has 1 heterocycles. The summed E-state index contributed by atoms with van der Waals surface area (Å²) in [6.45, 7) is 7.25. The first-order chi connectivity index (χ1) is 10.8. The molecule has 0 unspecified atom stereocenters. The second-order valence-electron chi connectivity index (χ2n) is 8.08. The standard InChI is InChI=1S/C19H33NO3.K/c1-19(2,3)23-17(21)14-16(13-15-9-5-6-10-15)18(22)20-11-7-4-8-12-20;/h14-16,21H,4-13H2,1-3H3;/q;+1/p-1/b17-14+;/t16-;/m1./s1. The maximum atomic E-state index is 12.9. The number of piperidine rings is 1. The van der Waals surface area contributed by atoms with Gasteiger partial charge in [0.05, 0.1) is 5.92 Å². The maximum absolute atomic E-state index is 12.9. The number of ether oxygens (including phenoxy) is 1. The molecule has 5 heteroatoms. The van der Waals surface area contributed by atoms with Crippen molar-refractivity contribution in [2.24, 2.45) is 11.8 Å². The molecule has 132 valence electrons. The first-order valence-corrected chi connectivity index (χ1v) is 9.22. The van der Waals surface area contributed by atoms with Gasteiger partial charge in [0.2, 0.25) is 5.91 Å². The fourth-order valence-electron chi connectivity index (χ4n) is 3.69. The predicted octanol–water partition coefficient (Wildman–Crippen LogP) is 0.216. The summed E-state index contributed by atoms with van der Waals surface area (Å²) in [6.07, 6.45) is 10.6. The van der Waals surface area contributed by atoms with Gasteiger partial charge in [-0.3, -0.25) is 4.79 Å². The molecular formula is C19H32KNO3. The molecular weight excluding hydrogens is 329 g/mol. The number of amides is 1. The first-order valence-electron chi connectivity index (χ1n) is 9.22. The fourth-order valence-corrected chi connectivity index (χ4v) is 3.69. The summed E-state index contributed by atoms with van der Waals surface area (Å²) in [5.74, 6) is 0.0341. The molecule has 2 fully saturated rings. The number of hydrogen-bond acceptors (Lipinski definition) is 3. The molecule has 1 aliphatic heterocycles. The van der Waals surface area contributed by atoms with Gasteiger partial charge in [-0.2, -0.15) is 0 Å². The van der Waals surface area contributed by atoms with Gasteiger partial charge in [-0.25, -0.2) is 0 Å². The topological polar surface area (TPSA) is 52.6 Å². The van der Waals surface area contributed by atoms with Crippen molar-refractivity contribution in [3.8, 4) is 0 Å². The third kappa shape index (κ3) is 7.77. The van der Waals surface area contributed by atoms with Crippen molar-refractivity contribution in [2.45, 2.75) is 77.7 Å². The number of rotatable bonds is 5. The summed E-state index contributed by atoms with van der Waals surface area (Å²) < 4.78 is 5.40. The van der Waals surface area contributed by atoms with E-state index in [0.29, 0.717) is 5.92 Å². The van der Waals surface area contributed by atoms with E-state index in [9.17, 15) is 9.90 Å². The van der Waals surface area contributed by atoms with Crippen LogP contribution in [-0.2, 0) is 9.53 Å². The van der Waals surface area contributed by atoms with Crippen molar-refractivity contribution in [1.82, 2.24) is 4.90 Å². The third-order valence-electron chi connectivity index (χ3n) is 4.79. The molecule has 0 radical (unpaired) electrons. The minimum atomic E-state index is -0.514. The summed E-state index contributed by atoms with van der Waals surface area (Å²) in [5, 5.41) is 12.2. The molecule has 2 aliphatic rings. The Labute approximate surface area is 189 Å². The molecule has 0 aromatic rings. The molecule has 0 bridgehead atoms. The van der Waals surface area contributed by atoms with Gasteiger partial charge in [-0.1, -0.05) is 52.5 Å². The van der Waals surface area contributed by atoms with Crippen LogP contribution in [0, 0.1) is 11.8 Å². The van der Waals surface area contributed by atoms with Crippen LogP contribution in [-0.4, -0.2) is 29.5 Å². The van der Waals surface area contributed by atoms with Gasteiger partial charge in [0.15, 0.2) is 0 Å². The van der Waals surface area contributed by atoms with E-state index in [1.165, 1.54) is 32.1 Å². The molecule has 1 atom stereocenters. The largest absolute Gasteiger partial charge is 1.00 e. The van der Waals surface area contributed by atoms with E-state index in [1.807, 2.05) is 25.7 Å². The molecule has 2 rings (SSSR count). The second kappa shape index (κ2) is 10.6. The Bertz CT molecular complexity index is 419. The van der Waals surface area contributed by atoms with Crippen molar-refractivity contribution in [3.63, 3.8) is 0 Å². The second-order valence-corrected chi connectivity index (χ2v) is 8.08. The van der Waals surface area contributed by atoms with Crippen LogP contribution in [0.5, 0.6) is 0 Å². The molecule has 4 nitrogen and oxygen atoms in total. The van der Waals surface area contributed by atoms with E-state index < -0.39 is 5.60 Å². The average Bonchev–Trinajstić information content (AvgIpc) is 2.98. The van der Waals surface area contributed by atoms with Crippen LogP contribution in [0.15, 0.2) is 12.0 Å². The van der Waals surface area contributed by atoms with Gasteiger partial charge < -0.3 is 14.7 Å². The van der Waals surface area contributed by atoms with Gasteiger partial charge in [0, 0.05) is 24.6 Å². The molecule has 24 heavy (non-hydrogen) atoms. The van der Waals surface area contributed by atoms with Gasteiger partial charge in [-0.05, 0) is 31.6 Å². The minimum Gasteiger partial charge on any atom is -0.608 e. The van der Waals surface area contributed by atoms with Crippen molar-refractivity contribution in [2.75, 3.05) is 13.1 Å². The van der Waals surface area contributed by atoms with Crippen molar-refractivity contribution >= 4 is 5.91 Å². The zero-order chi connectivity index (χ0) is 16.9. The van der Waals surface area contributed by atoms with Crippen LogP contribution < -0.4 is 56.5 Å². The van der Waals surface area contributed by atoms with Crippen LogP contribution in [0.3, 0.4) is 0 Å². The monoisotopic (exact) mass is 361 g/mol. The molecule has 0 spiro atoms. The van der Waals surface area contributed by atoms with Crippen LogP contribution in [0.2, 0.25) is 0 Å². The Kier molecular flexibility index (Phi) is 9.89. The molecule has 0 aromatic heterocycles. The van der Waals surface area contributed by atoms with Crippen molar-refractivity contribution in [1.29, 1.82) is 0 Å². The number of carbonyl (C=O) groups excluding carboxylic acids is 1. The zero-order valence-electron chi connectivity index (χ0n) is 16.0. The normalized spacial score (nSPS) is 21.3. The Morgan fingerprint density at radius 3 is 2.29 bits per heavy atom. The van der Waals surface area contributed by atoms with Gasteiger partial charge in [0.25, 0.3) is 0 Å². The number of hydrogen-bond donors (Lipinski definition) is 0. The summed E-state index contributed by atoms with van der Waals surface area (Å²) in [4.78, 5) is 14.8. The van der Waals surface area contributed by atoms with Crippen LogP contribution in [0.25, 0.3) is 0 Å². The smallest absolute Gasteiger partial charge is 0.608 e. The zero-order valence-corrected chi connectivity index (χ0v) is 19.1. The maximum Gasteiger partial charge on any atom is 1.00 e. The molecule has 0 aromatic carbocycles. The van der Waals surface area contributed by atoms with E-state index in [1.54, 1.807) is 6.08 Å². The van der Waals surface area contributed by atoms with E-state index in [2.05, 4.69) is 0 Å². The SMILES string of the molecule is CC(C)(C)O/C([O-])=C/[C@@H](CC1CCCC1)C(=O)N1CCCCC1.[K+]. The Hall–Kier alpha value is 0.446. The van der Waals surface area contributed by atoms with E-state index in [4.69, 9.17) is 4.74 Å². The van der Waals surface area contributed by atoms with Crippen molar-refractivity contribution in [3.05, 3.63) is 12.0 Å². The summed E-state index contributed by atoms with van der Waals surface area (Å²) in [6, 6.07) is 0. The Morgan fingerprint density at radius 2 is 1.75 bits per heavy atom. The molecule has 1 amide bonds. The minimum absolute atomic E-state index is 0. The van der Waals surface area contributed by atoms with Crippen molar-refractivity contribution < 1.29 is 66.0 Å². The fraction of sp³-hybridized carbons (Fsp3) is 0.842. The van der Waals surface area contributed by atoms with Crippen LogP contribution >= 0.6 is 0 Å². The summed E-state index contributed by atoms with van der Waals surface area (Å²) >= 11 is 0. The van der Waals surface area contributed by atoms with E-state index in [0.717, 1.165) is 32.4 Å². The quantitative estimate of drug-likeness (QED) is 0.520. The number of nitrogens with zero attached hydrogens (tertiary/aromatic N) is 1. The molecule has 0 N–H and O–H groups in total. The van der Waals surface area contributed by atoms with Crippen LogP contribution in [0.4, 0.5) is 0 Å². The Balaban J connectivity index is 0.00000288. The van der Waals surface area contributed by atoms with Gasteiger partial charge in [0.1, 0.15) is 0 Å². The Morgan fingerprint density at radius 1 is 1.17 bits per heavy atom. The molecule has 1 saturated heterocycles. The van der Waals surface area contributed by atoms with Crippen LogP contribution in [0.1, 0.15) is 72.1 Å². The number of carbonyl (C=O) groups is 1. The summed E-state index contributed by atoms with van der Waals surface area (Å²) in [5.41, 5.74) is -0.514. The predicted molar refractivity (Wildman–Crippen MR) is 89.4 cm³/mol. The van der Waals surface area contributed by atoms with Gasteiger partial charge in [-0.15, -0.1) is 0 Å². The van der Waals surface area contributed by atoms with Gasteiger partial charge >= 0.3 is 51.4 Å². The molecule has 1 aliphatic carbocycles. The first kappa shape index (κ1) is 22.5. The molecule has 1 saturated carbocycles.